The SMILES string of the molecule is CN=C(NCCCc1nnc2ccccn12)NC1CCN(c2cccc(Cl)c2)C1.I. The third-order valence-electron chi connectivity index (χ3n) is 5.18. The van der Waals surface area contributed by atoms with E-state index in [4.69, 9.17) is 11.6 Å². The summed E-state index contributed by atoms with van der Waals surface area (Å²) in [7, 11) is 1.81. The second-order valence-electron chi connectivity index (χ2n) is 7.20. The molecule has 9 heteroatoms. The third kappa shape index (κ3) is 5.54. The van der Waals surface area contributed by atoms with Crippen molar-refractivity contribution in [2.45, 2.75) is 25.3 Å². The van der Waals surface area contributed by atoms with Gasteiger partial charge in [-0.15, -0.1) is 34.2 Å². The first-order chi connectivity index (χ1) is 14.2. The lowest BCUT2D eigenvalue weighted by molar-refractivity contribution is 0.640. The van der Waals surface area contributed by atoms with E-state index in [-0.39, 0.29) is 24.0 Å². The van der Waals surface area contributed by atoms with Gasteiger partial charge in [0.1, 0.15) is 5.82 Å². The van der Waals surface area contributed by atoms with Crippen molar-refractivity contribution in [3.63, 3.8) is 0 Å². The van der Waals surface area contributed by atoms with Crippen LogP contribution in [0.15, 0.2) is 53.7 Å². The Balaban J connectivity index is 0.00000256. The Morgan fingerprint density at radius 3 is 2.97 bits per heavy atom. The van der Waals surface area contributed by atoms with Gasteiger partial charge >= 0.3 is 0 Å². The van der Waals surface area contributed by atoms with Crippen LogP contribution in [-0.2, 0) is 6.42 Å². The predicted octanol–water partition coefficient (Wildman–Crippen LogP) is 3.38. The van der Waals surface area contributed by atoms with E-state index in [0.29, 0.717) is 6.04 Å². The van der Waals surface area contributed by atoms with E-state index in [1.807, 2.05) is 54.0 Å². The van der Waals surface area contributed by atoms with Crippen LogP contribution in [0.25, 0.3) is 5.65 Å². The Morgan fingerprint density at radius 2 is 2.13 bits per heavy atom. The molecular formula is C21H27ClIN7. The first-order valence-electron chi connectivity index (χ1n) is 9.99. The molecule has 1 saturated heterocycles. The molecule has 1 atom stereocenters. The number of pyridine rings is 1. The van der Waals surface area contributed by atoms with Crippen molar-refractivity contribution in [1.82, 2.24) is 25.2 Å². The maximum Gasteiger partial charge on any atom is 0.191 e. The number of guanidine groups is 1. The monoisotopic (exact) mass is 539 g/mol. The van der Waals surface area contributed by atoms with E-state index >= 15 is 0 Å². The smallest absolute Gasteiger partial charge is 0.191 e. The summed E-state index contributed by atoms with van der Waals surface area (Å²) in [4.78, 5) is 6.72. The van der Waals surface area contributed by atoms with Gasteiger partial charge in [0, 0.05) is 56.1 Å². The van der Waals surface area contributed by atoms with Gasteiger partial charge in [-0.1, -0.05) is 23.7 Å². The van der Waals surface area contributed by atoms with Crippen molar-refractivity contribution in [2.75, 3.05) is 31.6 Å². The molecule has 1 aliphatic rings. The number of hydrogen-bond donors (Lipinski definition) is 2. The zero-order valence-electron chi connectivity index (χ0n) is 17.0. The van der Waals surface area contributed by atoms with Crippen LogP contribution in [0.1, 0.15) is 18.7 Å². The molecule has 1 aromatic carbocycles. The lowest BCUT2D eigenvalue weighted by atomic mass is 10.2. The summed E-state index contributed by atoms with van der Waals surface area (Å²) >= 11 is 6.13. The van der Waals surface area contributed by atoms with E-state index in [1.54, 1.807) is 0 Å². The topological polar surface area (TPSA) is 69.8 Å². The Bertz CT molecular complexity index is 990. The van der Waals surface area contributed by atoms with Crippen LogP contribution in [0.5, 0.6) is 0 Å². The minimum absolute atomic E-state index is 0. The van der Waals surface area contributed by atoms with Crippen molar-refractivity contribution in [1.29, 1.82) is 0 Å². The first kappa shape index (κ1) is 22.6. The lowest BCUT2D eigenvalue weighted by Crippen LogP contribution is -2.44. The predicted molar refractivity (Wildman–Crippen MR) is 133 cm³/mol. The maximum atomic E-state index is 6.13. The van der Waals surface area contributed by atoms with E-state index < -0.39 is 0 Å². The first-order valence-corrected chi connectivity index (χ1v) is 10.4. The van der Waals surface area contributed by atoms with Crippen molar-refractivity contribution < 1.29 is 0 Å². The molecule has 2 aromatic heterocycles. The van der Waals surface area contributed by atoms with Gasteiger partial charge in [-0.2, -0.15) is 0 Å². The van der Waals surface area contributed by atoms with Gasteiger partial charge in [0.25, 0.3) is 0 Å². The van der Waals surface area contributed by atoms with Crippen molar-refractivity contribution in [3.05, 3.63) is 59.5 Å². The van der Waals surface area contributed by atoms with Crippen LogP contribution in [0.3, 0.4) is 0 Å². The summed E-state index contributed by atoms with van der Waals surface area (Å²) in [6.45, 7) is 2.77. The largest absolute Gasteiger partial charge is 0.369 e. The molecule has 0 spiro atoms. The van der Waals surface area contributed by atoms with Crippen LogP contribution in [0.4, 0.5) is 5.69 Å². The molecule has 0 bridgehead atoms. The molecule has 3 heterocycles. The highest BCUT2D eigenvalue weighted by Gasteiger charge is 2.23. The van der Waals surface area contributed by atoms with Gasteiger partial charge in [-0.3, -0.25) is 9.39 Å². The number of aliphatic imine (C=N–C) groups is 1. The Morgan fingerprint density at radius 1 is 1.23 bits per heavy atom. The van der Waals surface area contributed by atoms with Crippen LogP contribution >= 0.6 is 35.6 Å². The number of benzene rings is 1. The molecule has 1 unspecified atom stereocenters. The molecule has 0 saturated carbocycles. The van der Waals surface area contributed by atoms with Crippen LogP contribution in [0, 0.1) is 0 Å². The molecular weight excluding hydrogens is 513 g/mol. The zero-order valence-corrected chi connectivity index (χ0v) is 20.0. The summed E-state index contributed by atoms with van der Waals surface area (Å²) in [5.74, 6) is 1.83. The summed E-state index contributed by atoms with van der Waals surface area (Å²) in [5, 5.41) is 16.2. The summed E-state index contributed by atoms with van der Waals surface area (Å²) in [6, 6.07) is 14.3. The highest BCUT2D eigenvalue weighted by Crippen LogP contribution is 2.23. The summed E-state index contributed by atoms with van der Waals surface area (Å²) in [5.41, 5.74) is 2.06. The second kappa shape index (κ2) is 10.8. The van der Waals surface area contributed by atoms with Crippen molar-refractivity contribution >= 4 is 52.9 Å². The lowest BCUT2D eigenvalue weighted by Gasteiger charge is -2.20. The highest BCUT2D eigenvalue weighted by molar-refractivity contribution is 14.0. The quantitative estimate of drug-likeness (QED) is 0.218. The third-order valence-corrected chi connectivity index (χ3v) is 5.42. The fraction of sp³-hybridized carbons (Fsp3) is 0.381. The van der Waals surface area contributed by atoms with Crippen LogP contribution in [-0.4, -0.2) is 53.3 Å². The number of anilines is 1. The average Bonchev–Trinajstić information content (AvgIpc) is 3.37. The van der Waals surface area contributed by atoms with Crippen molar-refractivity contribution in [3.8, 4) is 0 Å². The van der Waals surface area contributed by atoms with Gasteiger partial charge in [0.2, 0.25) is 0 Å². The Kier molecular flexibility index (Phi) is 8.15. The van der Waals surface area contributed by atoms with Crippen LogP contribution < -0.4 is 15.5 Å². The molecule has 30 heavy (non-hydrogen) atoms. The number of halogens is 2. The molecule has 2 N–H and O–H groups in total. The van der Waals surface area contributed by atoms with Gasteiger partial charge in [-0.25, -0.2) is 0 Å². The molecule has 1 fully saturated rings. The molecule has 0 amide bonds. The standard InChI is InChI=1S/C21H26ClN7.HI/c1-23-21(24-11-5-9-20-27-26-19-8-2-3-12-29(19)20)25-17-10-13-28(15-17)18-7-4-6-16(22)14-18;/h2-4,6-8,12,14,17H,5,9-11,13,15H2,1H3,(H2,23,24,25);1H. The number of hydrogen-bond acceptors (Lipinski definition) is 4. The molecule has 4 rings (SSSR count). The highest BCUT2D eigenvalue weighted by atomic mass is 127. The van der Waals surface area contributed by atoms with E-state index in [1.165, 1.54) is 5.69 Å². The number of aromatic nitrogens is 3. The number of nitrogens with zero attached hydrogens (tertiary/aromatic N) is 5. The number of rotatable bonds is 6. The van der Waals surface area contributed by atoms with Crippen LogP contribution in [0.2, 0.25) is 5.02 Å². The van der Waals surface area contributed by atoms with Gasteiger partial charge in [0.15, 0.2) is 11.6 Å². The number of fused-ring (bicyclic) bond motifs is 1. The van der Waals surface area contributed by atoms with E-state index in [9.17, 15) is 0 Å². The number of nitrogens with one attached hydrogen (secondary N) is 2. The summed E-state index contributed by atoms with van der Waals surface area (Å²) in [6.07, 6.45) is 4.89. The van der Waals surface area contributed by atoms with Gasteiger partial charge in [0.05, 0.1) is 0 Å². The minimum Gasteiger partial charge on any atom is -0.369 e. The van der Waals surface area contributed by atoms with Crippen molar-refractivity contribution in [2.24, 2.45) is 4.99 Å². The Labute approximate surface area is 198 Å². The molecule has 0 radical (unpaired) electrons. The Hall–Kier alpha value is -2.07. The van der Waals surface area contributed by atoms with Gasteiger partial charge in [-0.05, 0) is 43.2 Å². The fourth-order valence-corrected chi connectivity index (χ4v) is 3.87. The maximum absolute atomic E-state index is 6.13. The normalized spacial score (nSPS) is 16.5. The fourth-order valence-electron chi connectivity index (χ4n) is 3.69. The molecule has 7 nitrogen and oxygen atoms in total. The number of aryl methyl sites for hydroxylation is 1. The molecule has 160 valence electrons. The second-order valence-corrected chi connectivity index (χ2v) is 7.64. The molecule has 1 aliphatic heterocycles. The van der Waals surface area contributed by atoms with Gasteiger partial charge < -0.3 is 15.5 Å². The average molecular weight is 540 g/mol. The van der Waals surface area contributed by atoms with E-state index in [2.05, 4.69) is 36.8 Å². The molecule has 0 aliphatic carbocycles. The minimum atomic E-state index is 0. The molecule has 3 aromatic rings. The zero-order chi connectivity index (χ0) is 20.1. The summed E-state index contributed by atoms with van der Waals surface area (Å²) < 4.78 is 2.04. The van der Waals surface area contributed by atoms with E-state index in [0.717, 1.165) is 61.4 Å².